The largest absolute Gasteiger partial charge is 0.453 e. The van der Waals surface area contributed by atoms with Crippen molar-refractivity contribution in [2.75, 3.05) is 9.71 Å². The second kappa shape index (κ2) is 8.86. The van der Waals surface area contributed by atoms with Crippen LogP contribution in [0.3, 0.4) is 0 Å². The van der Waals surface area contributed by atoms with Crippen LogP contribution >= 0.6 is 11.8 Å². The summed E-state index contributed by atoms with van der Waals surface area (Å²) in [4.78, 5) is 7.71. The zero-order chi connectivity index (χ0) is 30.0. The molecule has 214 valence electrons. The van der Waals surface area contributed by atoms with Crippen molar-refractivity contribution in [1.29, 1.82) is 0 Å². The molecule has 0 fully saturated rings. The minimum Gasteiger partial charge on any atom is -0.453 e. The first-order valence-corrected chi connectivity index (χ1v) is 16.5. The van der Waals surface area contributed by atoms with Gasteiger partial charge in [0.15, 0.2) is 11.5 Å². The predicted molar refractivity (Wildman–Crippen MR) is 188 cm³/mol. The molecule has 4 heterocycles. The molecule has 5 heteroatoms. The fraction of sp³-hybridized carbons (Fsp3) is 0.100. The van der Waals surface area contributed by atoms with Crippen molar-refractivity contribution in [1.82, 2.24) is 0 Å². The number of hydrogen-bond acceptors (Lipinski definition) is 4. The number of ether oxygens (including phenoxy) is 1. The first kappa shape index (κ1) is 25.5. The average Bonchev–Trinajstić information content (AvgIpc) is 3.06. The summed E-state index contributed by atoms with van der Waals surface area (Å²) in [6.07, 6.45) is 0. The number of anilines is 5. The Morgan fingerprint density at radius 1 is 0.644 bits per heavy atom. The van der Waals surface area contributed by atoms with E-state index in [-0.39, 0.29) is 12.3 Å². The van der Waals surface area contributed by atoms with Crippen molar-refractivity contribution in [3.8, 4) is 22.6 Å². The van der Waals surface area contributed by atoms with Gasteiger partial charge in [0.2, 0.25) is 0 Å². The molecule has 0 aliphatic carbocycles. The smallest absolute Gasteiger partial charge is 0.333 e. The molecule has 0 saturated heterocycles. The van der Waals surface area contributed by atoms with E-state index in [9.17, 15) is 0 Å². The summed E-state index contributed by atoms with van der Waals surface area (Å²) >= 11 is 1.90. The molecule has 0 spiro atoms. The van der Waals surface area contributed by atoms with E-state index in [1.54, 1.807) is 0 Å². The average molecular weight is 597 g/mol. The van der Waals surface area contributed by atoms with Crippen molar-refractivity contribution in [2.24, 2.45) is 0 Å². The fourth-order valence-electron chi connectivity index (χ4n) is 8.10. The summed E-state index contributed by atoms with van der Waals surface area (Å²) in [5, 5.41) is 0. The van der Waals surface area contributed by atoms with Crippen LogP contribution in [0.5, 0.6) is 11.5 Å². The summed E-state index contributed by atoms with van der Waals surface area (Å²) in [6, 6.07) is 44.6. The lowest BCUT2D eigenvalue weighted by atomic mass is 9.43. The molecule has 0 unspecified atom stereocenters. The number of benzene rings is 6. The second-order valence-electron chi connectivity index (χ2n) is 13.0. The van der Waals surface area contributed by atoms with Gasteiger partial charge in [-0.05, 0) is 94.7 Å². The van der Waals surface area contributed by atoms with Crippen LogP contribution in [0.4, 0.5) is 28.4 Å². The Balaban J connectivity index is 1.32. The van der Waals surface area contributed by atoms with Crippen LogP contribution in [0.2, 0.25) is 0 Å². The van der Waals surface area contributed by atoms with Gasteiger partial charge in [0, 0.05) is 37.8 Å². The molecule has 4 aliphatic rings. The van der Waals surface area contributed by atoms with Gasteiger partial charge in [-0.25, -0.2) is 0 Å². The van der Waals surface area contributed by atoms with Gasteiger partial charge in [0.05, 0.1) is 11.4 Å². The van der Waals surface area contributed by atoms with Gasteiger partial charge >= 0.3 is 6.85 Å². The molecule has 0 bridgehead atoms. The van der Waals surface area contributed by atoms with Gasteiger partial charge in [0.1, 0.15) is 0 Å². The Labute approximate surface area is 268 Å². The highest BCUT2D eigenvalue weighted by Gasteiger charge is 2.48. The van der Waals surface area contributed by atoms with Crippen molar-refractivity contribution in [3.63, 3.8) is 0 Å². The fourth-order valence-corrected chi connectivity index (χ4v) is 9.52. The Morgan fingerprint density at radius 3 is 2.31 bits per heavy atom. The van der Waals surface area contributed by atoms with Crippen LogP contribution < -0.4 is 25.4 Å². The summed E-state index contributed by atoms with van der Waals surface area (Å²) in [5.74, 6) is 1.79. The van der Waals surface area contributed by atoms with E-state index in [1.807, 2.05) is 11.8 Å². The van der Waals surface area contributed by atoms with Gasteiger partial charge in [-0.2, -0.15) is 0 Å². The molecule has 6 aromatic carbocycles. The zero-order valence-electron chi connectivity index (χ0n) is 25.3. The number of aryl methyl sites for hydroxylation is 1. The van der Waals surface area contributed by atoms with E-state index in [0.717, 1.165) is 22.9 Å². The van der Waals surface area contributed by atoms with E-state index in [1.165, 1.54) is 65.6 Å². The SMILES string of the molecule is Cc1cc2c3c(c1)N1c4ccccc4Oc4cccc(c41)B3N(c1ccccc1)c1cc3c(cc1-2)C(C)(C)c1ccccc1S3. The standard InChI is InChI=1S/C40H29BN2OS/c1-24-20-27-26-22-29-37(45-36-19-10-7-14-28(36)40(29,2)3)23-32(26)43(25-12-5-4-6-13-25)41-30-15-11-18-35-39(30)42(33(21-24)38(27)41)31-16-8-9-17-34(31)44-35/h4-23H,1-3H3. The molecule has 0 amide bonds. The van der Waals surface area contributed by atoms with Crippen molar-refractivity contribution < 1.29 is 4.74 Å². The first-order chi connectivity index (χ1) is 22.0. The minimum absolute atomic E-state index is 0.0162. The number of fused-ring (bicyclic) bond motifs is 8. The highest BCUT2D eigenvalue weighted by Crippen LogP contribution is 2.56. The molecule has 0 radical (unpaired) electrons. The van der Waals surface area contributed by atoms with Gasteiger partial charge in [-0.15, -0.1) is 0 Å². The number of hydrogen-bond donors (Lipinski definition) is 0. The molecule has 3 nitrogen and oxygen atoms in total. The van der Waals surface area contributed by atoms with E-state index >= 15 is 0 Å². The minimum atomic E-state index is -0.116. The van der Waals surface area contributed by atoms with Crippen LogP contribution in [0.1, 0.15) is 30.5 Å². The third-order valence-corrected chi connectivity index (χ3v) is 11.2. The molecule has 0 N–H and O–H groups in total. The van der Waals surface area contributed by atoms with Crippen molar-refractivity contribution >= 4 is 58.0 Å². The van der Waals surface area contributed by atoms with Gasteiger partial charge in [-0.1, -0.05) is 92.3 Å². The van der Waals surface area contributed by atoms with Crippen LogP contribution in [0.15, 0.2) is 131 Å². The number of nitrogens with zero attached hydrogens (tertiary/aromatic N) is 2. The van der Waals surface area contributed by atoms with Crippen LogP contribution in [-0.4, -0.2) is 6.85 Å². The molecule has 4 aliphatic heterocycles. The summed E-state index contributed by atoms with van der Waals surface area (Å²) < 4.78 is 6.59. The van der Waals surface area contributed by atoms with Crippen LogP contribution in [0, 0.1) is 6.92 Å². The Bertz CT molecular complexity index is 2240. The molecule has 0 aromatic heterocycles. The van der Waals surface area contributed by atoms with E-state index in [4.69, 9.17) is 4.74 Å². The maximum absolute atomic E-state index is 6.59. The van der Waals surface area contributed by atoms with Crippen LogP contribution in [0.25, 0.3) is 11.1 Å². The maximum atomic E-state index is 6.59. The van der Waals surface area contributed by atoms with Gasteiger partial charge < -0.3 is 14.4 Å². The molecular weight excluding hydrogens is 567 g/mol. The summed E-state index contributed by atoms with van der Waals surface area (Å²) in [5.41, 5.74) is 15.0. The topological polar surface area (TPSA) is 15.7 Å². The third-order valence-electron chi connectivity index (χ3n) is 10.1. The van der Waals surface area contributed by atoms with Crippen molar-refractivity contribution in [2.45, 2.75) is 36.0 Å². The molecule has 45 heavy (non-hydrogen) atoms. The normalized spacial score (nSPS) is 15.6. The number of para-hydroxylation sites is 4. The zero-order valence-corrected chi connectivity index (χ0v) is 26.2. The van der Waals surface area contributed by atoms with Crippen LogP contribution in [-0.2, 0) is 5.41 Å². The lowest BCUT2D eigenvalue weighted by molar-refractivity contribution is 0.477. The first-order valence-electron chi connectivity index (χ1n) is 15.6. The molecule has 10 rings (SSSR count). The predicted octanol–water partition coefficient (Wildman–Crippen LogP) is 9.60. The van der Waals surface area contributed by atoms with E-state index in [2.05, 4.69) is 152 Å². The summed E-state index contributed by atoms with van der Waals surface area (Å²) in [6.45, 7) is 6.98. The molecule has 0 atom stereocenters. The lowest BCUT2D eigenvalue weighted by Gasteiger charge is -2.48. The van der Waals surface area contributed by atoms with E-state index in [0.29, 0.717) is 0 Å². The lowest BCUT2D eigenvalue weighted by Crippen LogP contribution is -2.62. The maximum Gasteiger partial charge on any atom is 0.333 e. The van der Waals surface area contributed by atoms with Gasteiger partial charge in [0.25, 0.3) is 0 Å². The molecule has 6 aromatic rings. The molecule has 0 saturated carbocycles. The highest BCUT2D eigenvalue weighted by atomic mass is 32.2. The van der Waals surface area contributed by atoms with Crippen molar-refractivity contribution in [3.05, 3.63) is 138 Å². The Kier molecular flexibility index (Phi) is 5.01. The third kappa shape index (κ3) is 3.34. The Morgan fingerprint density at radius 2 is 1.42 bits per heavy atom. The quantitative estimate of drug-likeness (QED) is 0.175. The second-order valence-corrected chi connectivity index (χ2v) is 14.1. The Hall–Kier alpha value is -4.87. The molecular formula is C40H29BN2OS. The highest BCUT2D eigenvalue weighted by molar-refractivity contribution is 7.99. The monoisotopic (exact) mass is 596 g/mol. The summed E-state index contributed by atoms with van der Waals surface area (Å²) in [7, 11) is 0. The van der Waals surface area contributed by atoms with E-state index < -0.39 is 0 Å². The number of rotatable bonds is 1. The van der Waals surface area contributed by atoms with Gasteiger partial charge in [-0.3, -0.25) is 0 Å².